The van der Waals surface area contributed by atoms with E-state index in [4.69, 9.17) is 5.73 Å². The number of nitrogens with two attached hydrogens (primary N) is 2. The Morgan fingerprint density at radius 3 is 2.25 bits per heavy atom. The maximum atomic E-state index is 10.4. The number of carbonyl (C=O) groups is 1. The van der Waals surface area contributed by atoms with Crippen LogP contribution in [0.3, 0.4) is 0 Å². The molecule has 3 heteroatoms. The van der Waals surface area contributed by atoms with E-state index in [1.165, 1.54) is 7.05 Å². The summed E-state index contributed by atoms with van der Waals surface area (Å²) in [7, 11) is 1.50. The van der Waals surface area contributed by atoms with Crippen LogP contribution in [0.15, 0.2) is 11.6 Å². The lowest BCUT2D eigenvalue weighted by molar-refractivity contribution is -0.114. The first kappa shape index (κ1) is 13.7. The smallest absolute Gasteiger partial charge is 0.244 e. The van der Waals surface area contributed by atoms with E-state index in [2.05, 4.69) is 12.7 Å². The highest BCUT2D eigenvalue weighted by atomic mass is 16.1. The molecule has 0 spiro atoms. The summed E-state index contributed by atoms with van der Waals surface area (Å²) in [4.78, 5) is 10.4. The van der Waals surface area contributed by atoms with E-state index in [9.17, 15) is 4.79 Å². The van der Waals surface area contributed by atoms with Crippen LogP contribution in [0.5, 0.6) is 0 Å². The van der Waals surface area contributed by atoms with Gasteiger partial charge in [-0.05, 0) is 20.4 Å². The molecule has 0 saturated heterocycles. The maximum absolute atomic E-state index is 10.4. The third-order valence-electron chi connectivity index (χ3n) is 1.40. The Kier molecular flexibility index (Phi) is 11.6. The van der Waals surface area contributed by atoms with Crippen molar-refractivity contribution in [2.24, 2.45) is 11.5 Å². The average Bonchev–Trinajstić information content (AvgIpc) is 2.08. The second-order valence-corrected chi connectivity index (χ2v) is 2.39. The lowest BCUT2D eigenvalue weighted by atomic mass is 10.2. The molecule has 0 aromatic carbocycles. The molecule has 0 heterocycles. The zero-order chi connectivity index (χ0) is 9.98. The van der Waals surface area contributed by atoms with Crippen molar-refractivity contribution in [3.8, 4) is 0 Å². The van der Waals surface area contributed by atoms with Gasteiger partial charge in [0, 0.05) is 5.57 Å². The van der Waals surface area contributed by atoms with E-state index in [-0.39, 0.29) is 5.91 Å². The molecule has 0 atom stereocenters. The Morgan fingerprint density at radius 1 is 1.42 bits per heavy atom. The van der Waals surface area contributed by atoms with Gasteiger partial charge in [-0.3, -0.25) is 4.79 Å². The third-order valence-corrected chi connectivity index (χ3v) is 1.40. The Hall–Kier alpha value is -0.830. The van der Waals surface area contributed by atoms with Crippen LogP contribution >= 0.6 is 0 Å². The lowest BCUT2D eigenvalue weighted by Crippen LogP contribution is -2.11. The van der Waals surface area contributed by atoms with Crippen LogP contribution in [0.1, 0.15) is 33.1 Å². The molecule has 12 heavy (non-hydrogen) atoms. The van der Waals surface area contributed by atoms with E-state index in [0.29, 0.717) is 5.57 Å². The molecule has 0 bridgehead atoms. The summed E-state index contributed by atoms with van der Waals surface area (Å²) >= 11 is 0. The van der Waals surface area contributed by atoms with Gasteiger partial charge in [-0.1, -0.05) is 25.8 Å². The van der Waals surface area contributed by atoms with Crippen molar-refractivity contribution in [3.05, 3.63) is 11.6 Å². The molecule has 3 nitrogen and oxygen atoms in total. The van der Waals surface area contributed by atoms with Gasteiger partial charge in [0.15, 0.2) is 0 Å². The minimum Gasteiger partial charge on any atom is -0.366 e. The van der Waals surface area contributed by atoms with Crippen LogP contribution in [0.25, 0.3) is 0 Å². The van der Waals surface area contributed by atoms with Crippen molar-refractivity contribution >= 4 is 5.91 Å². The van der Waals surface area contributed by atoms with Crippen LogP contribution in [0.2, 0.25) is 0 Å². The summed E-state index contributed by atoms with van der Waals surface area (Å²) in [5.74, 6) is -0.309. The normalized spacial score (nSPS) is 10.2. The number of hydrogen-bond acceptors (Lipinski definition) is 2. The van der Waals surface area contributed by atoms with E-state index < -0.39 is 0 Å². The molecule has 0 unspecified atom stereocenters. The number of primary amides is 1. The fourth-order valence-electron chi connectivity index (χ4n) is 0.623. The summed E-state index contributed by atoms with van der Waals surface area (Å²) in [5.41, 5.74) is 10.2. The molecule has 0 aliphatic carbocycles. The van der Waals surface area contributed by atoms with Gasteiger partial charge >= 0.3 is 0 Å². The highest BCUT2D eigenvalue weighted by Crippen LogP contribution is 1.99. The molecule has 1 amide bonds. The minimum atomic E-state index is -0.309. The predicted molar refractivity (Wildman–Crippen MR) is 52.6 cm³/mol. The van der Waals surface area contributed by atoms with Gasteiger partial charge in [0.05, 0.1) is 0 Å². The number of unbranched alkanes of at least 4 members (excludes halogenated alkanes) is 2. The van der Waals surface area contributed by atoms with Crippen molar-refractivity contribution in [3.63, 3.8) is 0 Å². The van der Waals surface area contributed by atoms with Crippen molar-refractivity contribution in [2.75, 3.05) is 7.05 Å². The standard InChI is InChI=1S/C8H15NO.CH5N/c1-3-4-5-6-7(2)8(9)10;1-2/h6H,3-5H2,1-2H3,(H2,9,10);2H2,1H3. The Balaban J connectivity index is 0. The van der Waals surface area contributed by atoms with Gasteiger partial charge in [0.2, 0.25) is 5.91 Å². The second-order valence-electron chi connectivity index (χ2n) is 2.39. The number of carbonyl (C=O) groups excluding carboxylic acids is 1. The Morgan fingerprint density at radius 2 is 1.92 bits per heavy atom. The molecule has 0 saturated carbocycles. The van der Waals surface area contributed by atoms with E-state index in [0.717, 1.165) is 19.3 Å². The molecule has 0 aliphatic rings. The van der Waals surface area contributed by atoms with E-state index >= 15 is 0 Å². The van der Waals surface area contributed by atoms with Crippen molar-refractivity contribution in [1.29, 1.82) is 0 Å². The highest BCUT2D eigenvalue weighted by Gasteiger charge is 1.93. The van der Waals surface area contributed by atoms with Gasteiger partial charge in [0.25, 0.3) is 0 Å². The summed E-state index contributed by atoms with van der Waals surface area (Å²) in [6, 6.07) is 0. The quantitative estimate of drug-likeness (QED) is 0.494. The first-order valence-electron chi connectivity index (χ1n) is 4.22. The first-order valence-corrected chi connectivity index (χ1v) is 4.22. The summed E-state index contributed by atoms with van der Waals surface area (Å²) in [6.07, 6.45) is 5.14. The minimum absolute atomic E-state index is 0.309. The fraction of sp³-hybridized carbons (Fsp3) is 0.667. The van der Waals surface area contributed by atoms with Crippen molar-refractivity contribution in [2.45, 2.75) is 33.1 Å². The zero-order valence-electron chi connectivity index (χ0n) is 8.26. The summed E-state index contributed by atoms with van der Waals surface area (Å²) < 4.78 is 0. The van der Waals surface area contributed by atoms with Crippen LogP contribution in [-0.4, -0.2) is 13.0 Å². The van der Waals surface area contributed by atoms with Crippen LogP contribution in [-0.2, 0) is 4.79 Å². The maximum Gasteiger partial charge on any atom is 0.244 e. The molecule has 4 N–H and O–H groups in total. The second kappa shape index (κ2) is 10.2. The Bertz CT molecular complexity index is 141. The number of allylic oxidation sites excluding steroid dienone is 1. The first-order chi connectivity index (χ1) is 5.68. The van der Waals surface area contributed by atoms with Gasteiger partial charge in [-0.25, -0.2) is 0 Å². The molecule has 0 aliphatic heterocycles. The molecule has 0 rings (SSSR count). The van der Waals surface area contributed by atoms with Gasteiger partial charge < -0.3 is 11.5 Å². The van der Waals surface area contributed by atoms with Crippen LogP contribution in [0.4, 0.5) is 0 Å². The van der Waals surface area contributed by atoms with Gasteiger partial charge in [0.1, 0.15) is 0 Å². The topological polar surface area (TPSA) is 69.1 Å². The highest BCUT2D eigenvalue weighted by molar-refractivity contribution is 5.91. The number of hydrogen-bond donors (Lipinski definition) is 2. The zero-order valence-corrected chi connectivity index (χ0v) is 8.26. The van der Waals surface area contributed by atoms with Crippen LogP contribution in [0, 0.1) is 0 Å². The molecule has 0 aromatic rings. The number of amides is 1. The predicted octanol–water partition coefficient (Wildman–Crippen LogP) is 1.18. The fourth-order valence-corrected chi connectivity index (χ4v) is 0.623. The Labute approximate surface area is 74.8 Å². The molecule has 72 valence electrons. The molecule has 0 aromatic heterocycles. The summed E-state index contributed by atoms with van der Waals surface area (Å²) in [6.45, 7) is 3.87. The average molecular weight is 172 g/mol. The van der Waals surface area contributed by atoms with Gasteiger partial charge in [-0.2, -0.15) is 0 Å². The monoisotopic (exact) mass is 172 g/mol. The molecular weight excluding hydrogens is 152 g/mol. The number of rotatable bonds is 4. The lowest BCUT2D eigenvalue weighted by Gasteiger charge is -1.92. The molecule has 0 fully saturated rings. The SMILES string of the molecule is CCCCC=C(C)C(N)=O.CN. The largest absolute Gasteiger partial charge is 0.366 e. The van der Waals surface area contributed by atoms with E-state index in [1.54, 1.807) is 6.92 Å². The molecular formula is C9H20N2O. The third kappa shape index (κ3) is 9.17. The van der Waals surface area contributed by atoms with Crippen molar-refractivity contribution in [1.82, 2.24) is 0 Å². The summed E-state index contributed by atoms with van der Waals surface area (Å²) in [5, 5.41) is 0. The van der Waals surface area contributed by atoms with Crippen molar-refractivity contribution < 1.29 is 4.79 Å². The van der Waals surface area contributed by atoms with E-state index in [1.807, 2.05) is 6.08 Å². The van der Waals surface area contributed by atoms with Crippen LogP contribution < -0.4 is 11.5 Å². The van der Waals surface area contributed by atoms with Gasteiger partial charge in [-0.15, -0.1) is 0 Å². The molecule has 0 radical (unpaired) electrons.